The maximum absolute atomic E-state index is 13.6. The van der Waals surface area contributed by atoms with Gasteiger partial charge < -0.3 is 9.15 Å². The highest BCUT2D eigenvalue weighted by Crippen LogP contribution is 2.30. The highest BCUT2D eigenvalue weighted by Gasteiger charge is 2.20. The molecule has 0 saturated heterocycles. The number of carbonyl (C=O) groups excluding carboxylic acids is 1. The Balaban J connectivity index is 2.15. The van der Waals surface area contributed by atoms with Gasteiger partial charge in [-0.15, -0.1) is 0 Å². The molecule has 0 aliphatic heterocycles. The molecule has 0 aliphatic carbocycles. The van der Waals surface area contributed by atoms with Crippen molar-refractivity contribution in [3.05, 3.63) is 57.8 Å². The van der Waals surface area contributed by atoms with E-state index in [-0.39, 0.29) is 17.9 Å². The van der Waals surface area contributed by atoms with Gasteiger partial charge in [0.25, 0.3) is 5.91 Å². The minimum Gasteiger partial charge on any atom is -0.477 e. The molecular formula is C12H10FN3O5. The molecule has 1 amide bonds. The maximum Gasteiger partial charge on any atom is 0.314 e. The van der Waals surface area contributed by atoms with Crippen LogP contribution in [0.5, 0.6) is 5.75 Å². The molecule has 2 aromatic rings. The second kappa shape index (κ2) is 6.01. The molecular weight excluding hydrogens is 285 g/mol. The first-order valence-corrected chi connectivity index (χ1v) is 5.67. The van der Waals surface area contributed by atoms with Crippen molar-refractivity contribution in [2.75, 3.05) is 0 Å². The first kappa shape index (κ1) is 14.5. The van der Waals surface area contributed by atoms with Crippen LogP contribution in [-0.4, -0.2) is 10.8 Å². The molecule has 1 aromatic heterocycles. The predicted octanol–water partition coefficient (Wildman–Crippen LogP) is 1.51. The van der Waals surface area contributed by atoms with Gasteiger partial charge in [-0.05, 0) is 12.1 Å². The summed E-state index contributed by atoms with van der Waals surface area (Å²) in [5.74, 6) is 3.21. The molecule has 0 radical (unpaired) electrons. The quantitative estimate of drug-likeness (QED) is 0.373. The van der Waals surface area contributed by atoms with Crippen molar-refractivity contribution >= 4 is 11.6 Å². The summed E-state index contributed by atoms with van der Waals surface area (Å²) >= 11 is 0. The second-order valence-electron chi connectivity index (χ2n) is 3.91. The van der Waals surface area contributed by atoms with E-state index in [2.05, 4.69) is 0 Å². The molecule has 0 aliphatic rings. The number of amides is 1. The van der Waals surface area contributed by atoms with E-state index >= 15 is 0 Å². The standard InChI is InChI=1S/C12H10FN3O5/c13-9-2-1-3-10(16(18)19)11(9)21-6-8-4-7(5-20-8)12(17)15-14/h1-5H,6,14H2,(H,15,17). The van der Waals surface area contributed by atoms with Crippen LogP contribution in [0.2, 0.25) is 0 Å². The summed E-state index contributed by atoms with van der Waals surface area (Å²) in [6, 6.07) is 4.69. The molecule has 1 heterocycles. The first-order valence-electron chi connectivity index (χ1n) is 5.67. The van der Waals surface area contributed by atoms with Crippen LogP contribution in [0.15, 0.2) is 34.9 Å². The van der Waals surface area contributed by atoms with Crippen molar-refractivity contribution in [1.29, 1.82) is 0 Å². The van der Waals surface area contributed by atoms with Gasteiger partial charge in [0.2, 0.25) is 5.75 Å². The summed E-state index contributed by atoms with van der Waals surface area (Å²) < 4.78 is 23.6. The van der Waals surface area contributed by atoms with Gasteiger partial charge in [0.05, 0.1) is 10.5 Å². The fourth-order valence-corrected chi connectivity index (χ4v) is 1.59. The Kier molecular flexibility index (Phi) is 4.14. The number of nitro benzene ring substituents is 1. The van der Waals surface area contributed by atoms with E-state index in [9.17, 15) is 19.3 Å². The lowest BCUT2D eigenvalue weighted by atomic mass is 10.3. The van der Waals surface area contributed by atoms with Gasteiger partial charge in [-0.1, -0.05) is 6.07 Å². The van der Waals surface area contributed by atoms with Gasteiger partial charge in [0, 0.05) is 6.07 Å². The molecule has 0 fully saturated rings. The second-order valence-corrected chi connectivity index (χ2v) is 3.91. The van der Waals surface area contributed by atoms with Crippen molar-refractivity contribution in [2.45, 2.75) is 6.61 Å². The van der Waals surface area contributed by atoms with Crippen LogP contribution in [0.4, 0.5) is 10.1 Å². The average Bonchev–Trinajstić information content (AvgIpc) is 2.93. The third kappa shape index (κ3) is 3.15. The summed E-state index contributed by atoms with van der Waals surface area (Å²) in [5.41, 5.74) is 1.57. The number of carbonyl (C=O) groups is 1. The molecule has 0 atom stereocenters. The van der Waals surface area contributed by atoms with Crippen LogP contribution in [0.1, 0.15) is 16.1 Å². The monoisotopic (exact) mass is 295 g/mol. The smallest absolute Gasteiger partial charge is 0.314 e. The summed E-state index contributed by atoms with van der Waals surface area (Å²) in [5, 5.41) is 10.8. The highest BCUT2D eigenvalue weighted by atomic mass is 19.1. The Morgan fingerprint density at radius 1 is 1.52 bits per heavy atom. The van der Waals surface area contributed by atoms with Gasteiger partial charge in [0.15, 0.2) is 5.82 Å². The molecule has 0 spiro atoms. The normalized spacial score (nSPS) is 10.2. The van der Waals surface area contributed by atoms with Crippen LogP contribution < -0.4 is 16.0 Å². The lowest BCUT2D eigenvalue weighted by molar-refractivity contribution is -0.386. The summed E-state index contributed by atoms with van der Waals surface area (Å²) in [4.78, 5) is 21.2. The molecule has 2 rings (SSSR count). The van der Waals surface area contributed by atoms with Crippen molar-refractivity contribution in [3.8, 4) is 5.75 Å². The van der Waals surface area contributed by atoms with Gasteiger partial charge in [0.1, 0.15) is 18.6 Å². The largest absolute Gasteiger partial charge is 0.477 e. The van der Waals surface area contributed by atoms with E-state index in [0.717, 1.165) is 18.4 Å². The Morgan fingerprint density at radius 2 is 2.29 bits per heavy atom. The van der Waals surface area contributed by atoms with E-state index in [1.807, 2.05) is 5.43 Å². The Labute approximate surface area is 117 Å². The van der Waals surface area contributed by atoms with E-state index in [1.54, 1.807) is 0 Å². The van der Waals surface area contributed by atoms with Crippen LogP contribution in [0.25, 0.3) is 0 Å². The van der Waals surface area contributed by atoms with Crippen LogP contribution in [0, 0.1) is 15.9 Å². The molecule has 3 N–H and O–H groups in total. The van der Waals surface area contributed by atoms with E-state index in [0.29, 0.717) is 0 Å². The lowest BCUT2D eigenvalue weighted by Crippen LogP contribution is -2.29. The molecule has 0 bridgehead atoms. The van der Waals surface area contributed by atoms with Gasteiger partial charge >= 0.3 is 5.69 Å². The number of nitrogens with two attached hydrogens (primary N) is 1. The number of benzene rings is 1. The lowest BCUT2D eigenvalue weighted by Gasteiger charge is -2.05. The minimum absolute atomic E-state index is 0.152. The number of ether oxygens (including phenoxy) is 1. The average molecular weight is 295 g/mol. The number of rotatable bonds is 5. The number of halogens is 1. The zero-order chi connectivity index (χ0) is 15.4. The molecule has 1 aromatic carbocycles. The molecule has 9 heteroatoms. The van der Waals surface area contributed by atoms with Gasteiger partial charge in [-0.2, -0.15) is 0 Å². The number of nitrogen functional groups attached to an aromatic ring is 1. The zero-order valence-corrected chi connectivity index (χ0v) is 10.5. The first-order chi connectivity index (χ1) is 10.0. The Morgan fingerprint density at radius 3 is 2.95 bits per heavy atom. The third-order valence-electron chi connectivity index (χ3n) is 2.55. The number of hydrogen-bond acceptors (Lipinski definition) is 6. The summed E-state index contributed by atoms with van der Waals surface area (Å²) in [6.07, 6.45) is 1.14. The van der Waals surface area contributed by atoms with Crippen molar-refractivity contribution in [3.63, 3.8) is 0 Å². The van der Waals surface area contributed by atoms with Crippen LogP contribution in [0.3, 0.4) is 0 Å². The topological polar surface area (TPSA) is 121 Å². The fraction of sp³-hybridized carbons (Fsp3) is 0.0833. The number of furan rings is 1. The molecule has 0 unspecified atom stereocenters. The van der Waals surface area contributed by atoms with Crippen molar-refractivity contribution in [2.24, 2.45) is 5.84 Å². The fourth-order valence-electron chi connectivity index (χ4n) is 1.59. The number of nitrogens with one attached hydrogen (secondary N) is 1. The number of hydrazine groups is 1. The van der Waals surface area contributed by atoms with Crippen LogP contribution in [-0.2, 0) is 6.61 Å². The molecule has 21 heavy (non-hydrogen) atoms. The Hall–Kier alpha value is -2.94. The predicted molar refractivity (Wildman–Crippen MR) is 67.7 cm³/mol. The number of nitrogens with zero attached hydrogens (tertiary/aromatic N) is 1. The molecule has 8 nitrogen and oxygen atoms in total. The maximum atomic E-state index is 13.6. The van der Waals surface area contributed by atoms with E-state index in [4.69, 9.17) is 15.0 Å². The molecule has 110 valence electrons. The molecule has 0 saturated carbocycles. The van der Waals surface area contributed by atoms with Gasteiger partial charge in [-0.25, -0.2) is 10.2 Å². The van der Waals surface area contributed by atoms with Crippen molar-refractivity contribution < 1.29 is 23.3 Å². The SMILES string of the molecule is NNC(=O)c1coc(COc2c(F)cccc2[N+](=O)[O-])c1. The van der Waals surface area contributed by atoms with Gasteiger partial charge in [-0.3, -0.25) is 20.3 Å². The van der Waals surface area contributed by atoms with Crippen LogP contribution >= 0.6 is 0 Å². The third-order valence-corrected chi connectivity index (χ3v) is 2.55. The van der Waals surface area contributed by atoms with Crippen molar-refractivity contribution in [1.82, 2.24) is 5.43 Å². The summed E-state index contributed by atoms with van der Waals surface area (Å²) in [6.45, 7) is -0.278. The number of hydrogen-bond donors (Lipinski definition) is 2. The number of para-hydroxylation sites is 1. The Bertz CT molecular complexity index is 685. The van der Waals surface area contributed by atoms with E-state index in [1.165, 1.54) is 12.1 Å². The zero-order valence-electron chi connectivity index (χ0n) is 10.5. The van der Waals surface area contributed by atoms with E-state index < -0.39 is 28.1 Å². The highest BCUT2D eigenvalue weighted by molar-refractivity contribution is 5.93. The number of nitro groups is 1. The minimum atomic E-state index is -0.865. The summed E-state index contributed by atoms with van der Waals surface area (Å²) in [7, 11) is 0.